The van der Waals surface area contributed by atoms with Crippen molar-refractivity contribution in [3.8, 4) is 0 Å². The molecule has 18 heavy (non-hydrogen) atoms. The van der Waals surface area contributed by atoms with E-state index in [1.165, 1.54) is 0 Å². The molecule has 0 bridgehead atoms. The van der Waals surface area contributed by atoms with Gasteiger partial charge in [0.15, 0.2) is 0 Å². The number of halogens is 1. The van der Waals surface area contributed by atoms with Gasteiger partial charge in [0.1, 0.15) is 10.8 Å². The van der Waals surface area contributed by atoms with E-state index in [0.717, 1.165) is 20.5 Å². The minimum atomic E-state index is -3.74. The summed E-state index contributed by atoms with van der Waals surface area (Å²) in [6.45, 7) is 3.28. The summed E-state index contributed by atoms with van der Waals surface area (Å²) in [4.78, 5) is 11.6. The summed E-state index contributed by atoms with van der Waals surface area (Å²) in [6, 6.07) is 1.71. The minimum absolute atomic E-state index is 0.162. The van der Waals surface area contributed by atoms with Gasteiger partial charge in [0.2, 0.25) is 0 Å². The number of aryl methyl sites for hydroxylation is 1. The van der Waals surface area contributed by atoms with Gasteiger partial charge < -0.3 is 5.11 Å². The SMILES string of the molecule is CCCN(CC(=O)O)S(=O)(=O)c1sc(C)cc1Br. The summed E-state index contributed by atoms with van der Waals surface area (Å²) in [6.07, 6.45) is 0.564. The van der Waals surface area contributed by atoms with E-state index in [4.69, 9.17) is 5.11 Å². The van der Waals surface area contributed by atoms with Crippen LogP contribution in [0.3, 0.4) is 0 Å². The predicted molar refractivity (Wildman–Crippen MR) is 73.4 cm³/mol. The van der Waals surface area contributed by atoms with E-state index >= 15 is 0 Å². The Morgan fingerprint density at radius 2 is 2.17 bits per heavy atom. The number of nitrogens with zero attached hydrogens (tertiary/aromatic N) is 1. The third-order valence-electron chi connectivity index (χ3n) is 2.14. The smallest absolute Gasteiger partial charge is 0.318 e. The first-order valence-electron chi connectivity index (χ1n) is 5.27. The molecule has 0 radical (unpaired) electrons. The van der Waals surface area contributed by atoms with Crippen molar-refractivity contribution in [2.24, 2.45) is 0 Å². The van der Waals surface area contributed by atoms with Crippen LogP contribution < -0.4 is 0 Å². The Balaban J connectivity index is 3.16. The Hall–Kier alpha value is -0.440. The molecule has 1 rings (SSSR count). The molecule has 0 fully saturated rings. The van der Waals surface area contributed by atoms with Crippen LogP contribution in [0.25, 0.3) is 0 Å². The van der Waals surface area contributed by atoms with E-state index < -0.39 is 22.5 Å². The Bertz CT molecular complexity index is 538. The van der Waals surface area contributed by atoms with Crippen LogP contribution in [0, 0.1) is 6.92 Å². The average Bonchev–Trinajstić information content (AvgIpc) is 2.57. The van der Waals surface area contributed by atoms with Crippen molar-refractivity contribution in [1.82, 2.24) is 4.31 Å². The van der Waals surface area contributed by atoms with Crippen LogP contribution in [0.1, 0.15) is 18.2 Å². The number of thiophene rings is 1. The summed E-state index contributed by atoms with van der Waals surface area (Å²) in [5, 5.41) is 8.78. The molecule has 0 saturated carbocycles. The lowest BCUT2D eigenvalue weighted by Crippen LogP contribution is -2.36. The number of hydrogen-bond donors (Lipinski definition) is 1. The lowest BCUT2D eigenvalue weighted by atomic mass is 10.5. The van der Waals surface area contributed by atoms with Crippen LogP contribution in [-0.2, 0) is 14.8 Å². The molecule has 0 saturated heterocycles. The first kappa shape index (κ1) is 15.6. The second-order valence-electron chi connectivity index (χ2n) is 3.72. The van der Waals surface area contributed by atoms with Gasteiger partial charge in [-0.15, -0.1) is 11.3 Å². The van der Waals surface area contributed by atoms with E-state index in [-0.39, 0.29) is 10.8 Å². The first-order chi connectivity index (χ1) is 8.28. The highest BCUT2D eigenvalue weighted by atomic mass is 79.9. The molecule has 5 nitrogen and oxygen atoms in total. The summed E-state index contributed by atoms with van der Waals surface area (Å²) in [5.74, 6) is -1.16. The first-order valence-corrected chi connectivity index (χ1v) is 8.32. The van der Waals surface area contributed by atoms with E-state index in [1.54, 1.807) is 19.9 Å². The Labute approximate surface area is 119 Å². The van der Waals surface area contributed by atoms with Gasteiger partial charge in [0.25, 0.3) is 10.0 Å². The van der Waals surface area contributed by atoms with Crippen molar-refractivity contribution in [2.75, 3.05) is 13.1 Å². The number of carbonyl (C=O) groups is 1. The summed E-state index contributed by atoms with van der Waals surface area (Å²) >= 11 is 4.33. The molecule has 1 aromatic rings. The molecule has 1 N–H and O–H groups in total. The number of carboxylic acid groups (broad SMARTS) is 1. The van der Waals surface area contributed by atoms with Crippen molar-refractivity contribution in [2.45, 2.75) is 24.5 Å². The van der Waals surface area contributed by atoms with E-state index in [9.17, 15) is 13.2 Å². The molecule has 0 aliphatic carbocycles. The van der Waals surface area contributed by atoms with Gasteiger partial charge in [-0.3, -0.25) is 4.79 Å². The van der Waals surface area contributed by atoms with Gasteiger partial charge in [0, 0.05) is 15.9 Å². The monoisotopic (exact) mass is 355 g/mol. The molecule has 0 aliphatic rings. The number of hydrogen-bond acceptors (Lipinski definition) is 4. The van der Waals surface area contributed by atoms with E-state index in [2.05, 4.69) is 15.9 Å². The highest BCUT2D eigenvalue weighted by molar-refractivity contribution is 9.10. The maximum atomic E-state index is 12.3. The van der Waals surface area contributed by atoms with Crippen LogP contribution in [0.15, 0.2) is 14.7 Å². The van der Waals surface area contributed by atoms with Crippen molar-refractivity contribution in [3.63, 3.8) is 0 Å². The number of aliphatic carboxylic acids is 1. The normalized spacial score (nSPS) is 12.0. The zero-order valence-corrected chi connectivity index (χ0v) is 13.2. The molecular formula is C10H14BrNO4S2. The summed E-state index contributed by atoms with van der Waals surface area (Å²) in [7, 11) is -3.74. The van der Waals surface area contributed by atoms with Crippen molar-refractivity contribution in [1.29, 1.82) is 0 Å². The number of sulfonamides is 1. The number of rotatable bonds is 6. The van der Waals surface area contributed by atoms with Gasteiger partial charge in [-0.1, -0.05) is 6.92 Å². The zero-order chi connectivity index (χ0) is 13.9. The van der Waals surface area contributed by atoms with Gasteiger partial charge in [-0.25, -0.2) is 8.42 Å². The fraction of sp³-hybridized carbons (Fsp3) is 0.500. The zero-order valence-electron chi connectivity index (χ0n) is 10.0. The molecular weight excluding hydrogens is 342 g/mol. The van der Waals surface area contributed by atoms with E-state index in [0.29, 0.717) is 10.9 Å². The average molecular weight is 356 g/mol. The highest BCUT2D eigenvalue weighted by Gasteiger charge is 2.29. The molecule has 102 valence electrons. The van der Waals surface area contributed by atoms with Gasteiger partial charge >= 0.3 is 5.97 Å². The largest absolute Gasteiger partial charge is 0.480 e. The molecule has 8 heteroatoms. The predicted octanol–water partition coefficient (Wildman–Crippen LogP) is 2.30. The Kier molecular flexibility index (Phi) is 5.32. The molecule has 0 spiro atoms. The highest BCUT2D eigenvalue weighted by Crippen LogP contribution is 2.33. The van der Waals surface area contributed by atoms with Crippen LogP contribution in [0.5, 0.6) is 0 Å². The standard InChI is InChI=1S/C10H14BrNO4S2/c1-3-4-12(6-9(13)14)18(15,16)10-8(11)5-7(2)17-10/h5H,3-4,6H2,1-2H3,(H,13,14). The van der Waals surface area contributed by atoms with Crippen LogP contribution in [0.2, 0.25) is 0 Å². The van der Waals surface area contributed by atoms with Crippen molar-refractivity contribution in [3.05, 3.63) is 15.4 Å². The lowest BCUT2D eigenvalue weighted by Gasteiger charge is -2.18. The summed E-state index contributed by atoms with van der Waals surface area (Å²) < 4.78 is 26.3. The molecule has 1 aromatic heterocycles. The Morgan fingerprint density at radius 3 is 2.56 bits per heavy atom. The van der Waals surface area contributed by atoms with Crippen LogP contribution in [0.4, 0.5) is 0 Å². The second kappa shape index (κ2) is 6.14. The lowest BCUT2D eigenvalue weighted by molar-refractivity contribution is -0.137. The van der Waals surface area contributed by atoms with E-state index in [1.807, 2.05) is 0 Å². The molecule has 0 amide bonds. The number of carboxylic acids is 1. The Morgan fingerprint density at radius 1 is 1.56 bits per heavy atom. The fourth-order valence-corrected chi connectivity index (χ4v) is 5.79. The maximum Gasteiger partial charge on any atom is 0.318 e. The molecule has 0 unspecified atom stereocenters. The van der Waals surface area contributed by atoms with Gasteiger partial charge in [-0.05, 0) is 35.3 Å². The van der Waals surface area contributed by atoms with Crippen molar-refractivity contribution >= 4 is 43.3 Å². The van der Waals surface area contributed by atoms with Gasteiger partial charge in [0.05, 0.1) is 0 Å². The molecule has 1 heterocycles. The second-order valence-corrected chi connectivity index (χ2v) is 7.97. The third kappa shape index (κ3) is 3.53. The maximum absolute atomic E-state index is 12.3. The molecule has 0 aliphatic heterocycles. The summed E-state index contributed by atoms with van der Waals surface area (Å²) in [5.41, 5.74) is 0. The fourth-order valence-electron chi connectivity index (χ4n) is 1.44. The van der Waals surface area contributed by atoms with Gasteiger partial charge in [-0.2, -0.15) is 4.31 Å². The molecule has 0 aromatic carbocycles. The minimum Gasteiger partial charge on any atom is -0.480 e. The van der Waals surface area contributed by atoms with Crippen LogP contribution >= 0.6 is 27.3 Å². The topological polar surface area (TPSA) is 74.7 Å². The molecule has 0 atom stereocenters. The van der Waals surface area contributed by atoms with Crippen molar-refractivity contribution < 1.29 is 18.3 Å². The quantitative estimate of drug-likeness (QED) is 0.849. The van der Waals surface area contributed by atoms with Crippen LogP contribution in [-0.4, -0.2) is 36.9 Å². The third-order valence-corrected chi connectivity index (χ3v) is 6.69.